The van der Waals surface area contributed by atoms with Crippen LogP contribution >= 0.6 is 0 Å². The van der Waals surface area contributed by atoms with Crippen molar-refractivity contribution in [3.63, 3.8) is 0 Å². The molecule has 2 rings (SSSR count). The fourth-order valence-corrected chi connectivity index (χ4v) is 2.30. The van der Waals surface area contributed by atoms with Crippen molar-refractivity contribution in [2.75, 3.05) is 20.1 Å². The highest BCUT2D eigenvalue weighted by Crippen LogP contribution is 2.28. The van der Waals surface area contributed by atoms with E-state index in [0.717, 1.165) is 5.56 Å². The highest BCUT2D eigenvalue weighted by Gasteiger charge is 2.31. The molecule has 2 aromatic rings. The van der Waals surface area contributed by atoms with Crippen molar-refractivity contribution in [2.24, 2.45) is 0 Å². The van der Waals surface area contributed by atoms with Crippen LogP contribution in [0, 0.1) is 0 Å². The third-order valence-electron chi connectivity index (χ3n) is 3.46. The van der Waals surface area contributed by atoms with Gasteiger partial charge in [0.2, 0.25) is 6.43 Å². The number of halogens is 5. The maximum atomic E-state index is 12.3. The number of aromatic nitrogens is 1. The summed E-state index contributed by atoms with van der Waals surface area (Å²) in [6.45, 7) is 0.798. The van der Waals surface area contributed by atoms with Gasteiger partial charge in [0, 0.05) is 36.6 Å². The number of benzene rings is 1. The lowest BCUT2D eigenvalue weighted by molar-refractivity contribution is -0.274. The zero-order valence-corrected chi connectivity index (χ0v) is 12.5. The zero-order chi connectivity index (χ0) is 17.0. The minimum atomic E-state index is -4.74. The van der Waals surface area contributed by atoms with E-state index in [4.69, 9.17) is 0 Å². The van der Waals surface area contributed by atoms with Crippen LogP contribution in [0.1, 0.15) is 12.0 Å². The summed E-state index contributed by atoms with van der Waals surface area (Å²) in [5, 5.41) is 0.633. The lowest BCUT2D eigenvalue weighted by Crippen LogP contribution is -2.23. The second kappa shape index (κ2) is 7.16. The van der Waals surface area contributed by atoms with Crippen molar-refractivity contribution in [3.05, 3.63) is 30.0 Å². The number of nitrogens with one attached hydrogen (secondary N) is 1. The second-order valence-electron chi connectivity index (χ2n) is 5.30. The van der Waals surface area contributed by atoms with E-state index in [-0.39, 0.29) is 18.7 Å². The second-order valence-corrected chi connectivity index (χ2v) is 5.30. The van der Waals surface area contributed by atoms with Gasteiger partial charge in [0.05, 0.1) is 0 Å². The Labute approximate surface area is 130 Å². The molecule has 0 spiro atoms. The first kappa shape index (κ1) is 17.5. The van der Waals surface area contributed by atoms with Gasteiger partial charge in [-0.25, -0.2) is 8.78 Å². The van der Waals surface area contributed by atoms with Gasteiger partial charge in [0.25, 0.3) is 0 Å². The molecule has 0 radical (unpaired) electrons. The number of nitrogens with zero attached hydrogens (tertiary/aromatic N) is 1. The van der Waals surface area contributed by atoms with Crippen LogP contribution in [0.15, 0.2) is 24.4 Å². The molecule has 0 bridgehead atoms. The summed E-state index contributed by atoms with van der Waals surface area (Å²) in [7, 11) is 1.73. The van der Waals surface area contributed by atoms with E-state index in [0.29, 0.717) is 23.9 Å². The van der Waals surface area contributed by atoms with Crippen molar-refractivity contribution in [2.45, 2.75) is 25.6 Å². The minimum Gasteiger partial charge on any atom is -0.406 e. The van der Waals surface area contributed by atoms with Crippen LogP contribution in [0.25, 0.3) is 10.9 Å². The zero-order valence-electron chi connectivity index (χ0n) is 12.5. The monoisotopic (exact) mass is 336 g/mol. The molecule has 1 aromatic carbocycles. The van der Waals surface area contributed by atoms with Gasteiger partial charge in [-0.15, -0.1) is 13.2 Å². The third kappa shape index (κ3) is 5.38. The number of hydrogen-bond acceptors (Lipinski definition) is 2. The first-order chi connectivity index (χ1) is 10.7. The molecule has 0 amide bonds. The summed E-state index contributed by atoms with van der Waals surface area (Å²) in [6, 6.07) is 4.08. The fourth-order valence-electron chi connectivity index (χ4n) is 2.30. The Morgan fingerprint density at radius 1 is 1.22 bits per heavy atom. The smallest absolute Gasteiger partial charge is 0.406 e. The van der Waals surface area contributed by atoms with E-state index in [1.807, 2.05) is 0 Å². The average Bonchev–Trinajstić information content (AvgIpc) is 2.83. The lowest BCUT2D eigenvalue weighted by Gasteiger charge is -2.15. The van der Waals surface area contributed by atoms with E-state index in [1.54, 1.807) is 18.1 Å². The van der Waals surface area contributed by atoms with Gasteiger partial charge >= 0.3 is 6.36 Å². The molecule has 1 N–H and O–H groups in total. The van der Waals surface area contributed by atoms with Crippen LogP contribution in [0.3, 0.4) is 0 Å². The largest absolute Gasteiger partial charge is 0.573 e. The van der Waals surface area contributed by atoms with Gasteiger partial charge in [-0.1, -0.05) is 0 Å². The number of H-pyrrole nitrogens is 1. The molecule has 23 heavy (non-hydrogen) atoms. The first-order valence-corrected chi connectivity index (χ1v) is 7.07. The summed E-state index contributed by atoms with van der Waals surface area (Å²) < 4.78 is 65.1. The van der Waals surface area contributed by atoms with Crippen molar-refractivity contribution < 1.29 is 26.7 Å². The van der Waals surface area contributed by atoms with Gasteiger partial charge in [-0.2, -0.15) is 0 Å². The van der Waals surface area contributed by atoms with Crippen molar-refractivity contribution in [1.29, 1.82) is 0 Å². The van der Waals surface area contributed by atoms with E-state index in [1.165, 1.54) is 18.2 Å². The Balaban J connectivity index is 2.04. The summed E-state index contributed by atoms with van der Waals surface area (Å²) >= 11 is 0. The molecule has 3 nitrogen and oxygen atoms in total. The Kier molecular flexibility index (Phi) is 5.46. The van der Waals surface area contributed by atoms with Crippen molar-refractivity contribution in [3.8, 4) is 5.75 Å². The quantitative estimate of drug-likeness (QED) is 0.768. The molecule has 0 aliphatic rings. The molecule has 0 aliphatic carbocycles. The molecule has 0 atom stereocenters. The first-order valence-electron chi connectivity index (χ1n) is 7.07. The van der Waals surface area contributed by atoms with E-state index in [9.17, 15) is 22.0 Å². The third-order valence-corrected chi connectivity index (χ3v) is 3.46. The van der Waals surface area contributed by atoms with E-state index >= 15 is 0 Å². The average molecular weight is 336 g/mol. The maximum Gasteiger partial charge on any atom is 0.573 e. The summed E-state index contributed by atoms with van der Waals surface area (Å²) in [6.07, 6.45) is -5.03. The number of aromatic amines is 1. The standard InChI is InChI=1S/C15H17F5N2O/c1-22(7-5-14(16)17)6-4-10-9-21-13-3-2-11(8-12(10)13)23-15(18,19)20/h2-3,8-9,14,21H,4-7H2,1H3. The minimum absolute atomic E-state index is 0.200. The number of alkyl halides is 5. The maximum absolute atomic E-state index is 12.3. The number of hydrogen-bond donors (Lipinski definition) is 1. The molecule has 1 heterocycles. The molecule has 0 aliphatic heterocycles. The van der Waals surface area contributed by atoms with Crippen LogP contribution in [-0.2, 0) is 6.42 Å². The highest BCUT2D eigenvalue weighted by molar-refractivity contribution is 5.84. The Bertz CT molecular complexity index is 638. The van der Waals surface area contributed by atoms with Gasteiger partial charge in [-0.3, -0.25) is 0 Å². The molecule has 0 saturated carbocycles. The highest BCUT2D eigenvalue weighted by atomic mass is 19.4. The Morgan fingerprint density at radius 3 is 2.61 bits per heavy atom. The fraction of sp³-hybridized carbons (Fsp3) is 0.467. The SMILES string of the molecule is CN(CCc1c[nH]c2ccc(OC(F)(F)F)cc12)CCC(F)F. The Hall–Kier alpha value is -1.83. The predicted octanol–water partition coefficient (Wildman–Crippen LogP) is 4.20. The number of ether oxygens (including phenoxy) is 1. The molecule has 128 valence electrons. The molecule has 0 saturated heterocycles. The van der Waals surface area contributed by atoms with Crippen LogP contribution in [0.2, 0.25) is 0 Å². The number of fused-ring (bicyclic) bond motifs is 1. The molecular formula is C15H17F5N2O. The van der Waals surface area contributed by atoms with E-state index in [2.05, 4.69) is 9.72 Å². The number of likely N-dealkylation sites (N-methyl/N-ethyl adjacent to an activating group) is 1. The van der Waals surface area contributed by atoms with Crippen molar-refractivity contribution in [1.82, 2.24) is 9.88 Å². The van der Waals surface area contributed by atoms with Crippen LogP contribution in [-0.4, -0.2) is 42.8 Å². The molecule has 0 unspecified atom stereocenters. The lowest BCUT2D eigenvalue weighted by atomic mass is 10.1. The van der Waals surface area contributed by atoms with E-state index < -0.39 is 12.8 Å². The van der Waals surface area contributed by atoms with Gasteiger partial charge in [-0.05, 0) is 37.2 Å². The normalized spacial score (nSPS) is 12.5. The van der Waals surface area contributed by atoms with Crippen molar-refractivity contribution >= 4 is 10.9 Å². The molecule has 1 aromatic heterocycles. The van der Waals surface area contributed by atoms with Gasteiger partial charge in [0.15, 0.2) is 0 Å². The van der Waals surface area contributed by atoms with Crippen LogP contribution in [0.5, 0.6) is 5.75 Å². The summed E-state index contributed by atoms with van der Waals surface area (Å²) in [4.78, 5) is 4.74. The van der Waals surface area contributed by atoms with Crippen LogP contribution in [0.4, 0.5) is 22.0 Å². The van der Waals surface area contributed by atoms with Gasteiger partial charge < -0.3 is 14.6 Å². The summed E-state index contributed by atoms with van der Waals surface area (Å²) in [5.74, 6) is -0.281. The topological polar surface area (TPSA) is 28.3 Å². The van der Waals surface area contributed by atoms with Crippen LogP contribution < -0.4 is 4.74 Å². The Morgan fingerprint density at radius 2 is 1.96 bits per heavy atom. The summed E-state index contributed by atoms with van der Waals surface area (Å²) in [5.41, 5.74) is 1.52. The molecule has 8 heteroatoms. The molecule has 0 fully saturated rings. The van der Waals surface area contributed by atoms with Gasteiger partial charge in [0.1, 0.15) is 5.75 Å². The number of rotatable bonds is 7. The predicted molar refractivity (Wildman–Crippen MR) is 76.8 cm³/mol. The molecular weight excluding hydrogens is 319 g/mol.